The molecule has 2 heterocycles. The quantitative estimate of drug-likeness (QED) is 0.636. The molecule has 3 N–H and O–H groups in total. The molecule has 100 valence electrons. The van der Waals surface area contributed by atoms with Crippen LogP contribution in [0.1, 0.15) is 0 Å². The van der Waals surface area contributed by atoms with Crippen molar-refractivity contribution in [1.82, 2.24) is 20.2 Å². The fraction of sp³-hybridized carbons (Fsp3) is 0. The Morgan fingerprint density at radius 3 is 2.40 bits per heavy atom. The maximum absolute atomic E-state index is 12.1. The van der Waals surface area contributed by atoms with E-state index in [-0.39, 0.29) is 5.56 Å². The van der Waals surface area contributed by atoms with Crippen molar-refractivity contribution in [2.24, 2.45) is 0 Å². The second-order valence-electron chi connectivity index (χ2n) is 4.14. The fourth-order valence-corrected chi connectivity index (χ4v) is 2.12. The van der Waals surface area contributed by atoms with Gasteiger partial charge in [0, 0.05) is 10.7 Å². The van der Waals surface area contributed by atoms with Crippen LogP contribution in [-0.2, 0) is 0 Å². The van der Waals surface area contributed by atoms with Crippen LogP contribution in [0, 0.1) is 4.77 Å². The summed E-state index contributed by atoms with van der Waals surface area (Å²) in [5.41, 5.74) is 1.78. The minimum absolute atomic E-state index is 0.241. The molecule has 20 heavy (non-hydrogen) atoms. The van der Waals surface area contributed by atoms with Crippen LogP contribution in [0.3, 0.4) is 0 Å². The molecule has 0 saturated carbocycles. The highest BCUT2D eigenvalue weighted by Gasteiger charge is 2.08. The number of nitrogens with zero attached hydrogens (tertiary/aromatic N) is 1. The zero-order valence-corrected chi connectivity index (χ0v) is 11.7. The molecular formula is C13H9ClN4OS. The Bertz CT molecular complexity index is 863. The van der Waals surface area contributed by atoms with Gasteiger partial charge in [-0.25, -0.2) is 0 Å². The first-order chi connectivity index (χ1) is 9.63. The molecule has 3 aromatic rings. The van der Waals surface area contributed by atoms with Gasteiger partial charge in [0.1, 0.15) is 0 Å². The molecule has 0 saturated heterocycles. The van der Waals surface area contributed by atoms with E-state index in [2.05, 4.69) is 20.2 Å². The number of benzene rings is 1. The molecule has 1 aromatic carbocycles. The van der Waals surface area contributed by atoms with Crippen LogP contribution in [0.25, 0.3) is 22.6 Å². The minimum Gasteiger partial charge on any atom is -0.321 e. The lowest BCUT2D eigenvalue weighted by atomic mass is 10.1. The van der Waals surface area contributed by atoms with Crippen molar-refractivity contribution in [2.45, 2.75) is 0 Å². The summed E-state index contributed by atoms with van der Waals surface area (Å²) in [4.78, 5) is 18.9. The summed E-state index contributed by atoms with van der Waals surface area (Å²) in [5.74, 6) is 0.416. The van der Waals surface area contributed by atoms with E-state index in [4.69, 9.17) is 23.8 Å². The Balaban J connectivity index is 2.05. The van der Waals surface area contributed by atoms with Crippen LogP contribution in [0.2, 0.25) is 5.02 Å². The number of hydrogen-bond acceptors (Lipinski definition) is 3. The summed E-state index contributed by atoms with van der Waals surface area (Å²) < 4.78 is 0.307. The van der Waals surface area contributed by atoms with E-state index in [0.717, 1.165) is 5.56 Å². The summed E-state index contributed by atoms with van der Waals surface area (Å²) in [6.07, 6.45) is 0. The Kier molecular flexibility index (Phi) is 3.25. The second-order valence-corrected chi connectivity index (χ2v) is 4.96. The highest BCUT2D eigenvalue weighted by molar-refractivity contribution is 7.71. The normalized spacial score (nSPS) is 10.7. The van der Waals surface area contributed by atoms with Crippen LogP contribution in [0.5, 0.6) is 0 Å². The van der Waals surface area contributed by atoms with E-state index in [9.17, 15) is 4.79 Å². The lowest BCUT2D eigenvalue weighted by molar-refractivity contribution is 1.08. The molecule has 0 fully saturated rings. The van der Waals surface area contributed by atoms with Crippen molar-refractivity contribution >= 4 is 23.8 Å². The van der Waals surface area contributed by atoms with Crippen molar-refractivity contribution in [3.8, 4) is 22.6 Å². The van der Waals surface area contributed by atoms with E-state index in [1.165, 1.54) is 0 Å². The first kappa shape index (κ1) is 12.8. The number of H-pyrrole nitrogens is 3. The Labute approximate surface area is 123 Å². The summed E-state index contributed by atoms with van der Waals surface area (Å²) in [6, 6.07) is 10.7. The molecule has 0 unspecified atom stereocenters. The molecule has 5 nitrogen and oxygen atoms in total. The Morgan fingerprint density at radius 1 is 1.05 bits per heavy atom. The summed E-state index contributed by atoms with van der Waals surface area (Å²) in [5, 5.41) is 6.06. The smallest absolute Gasteiger partial charge is 0.259 e. The van der Waals surface area contributed by atoms with Crippen molar-refractivity contribution < 1.29 is 0 Å². The standard InChI is InChI=1S/C13H9ClN4OS/c14-8-3-1-7(2-4-8)10-6-5-9(12(19)15-10)11-16-13(20)18-17-11/h1-6H,(H,15,19)(H2,16,17,18,20). The van der Waals surface area contributed by atoms with Crippen LogP contribution < -0.4 is 5.56 Å². The Morgan fingerprint density at radius 2 is 1.80 bits per heavy atom. The van der Waals surface area contributed by atoms with Gasteiger partial charge in [-0.05, 0) is 42.0 Å². The van der Waals surface area contributed by atoms with Crippen molar-refractivity contribution in [3.05, 3.63) is 56.5 Å². The van der Waals surface area contributed by atoms with Crippen LogP contribution in [0.15, 0.2) is 41.2 Å². The van der Waals surface area contributed by atoms with Gasteiger partial charge in [-0.15, -0.1) is 0 Å². The first-order valence-electron chi connectivity index (χ1n) is 5.78. The number of pyridine rings is 1. The lowest BCUT2D eigenvalue weighted by Crippen LogP contribution is -2.10. The topological polar surface area (TPSA) is 77.3 Å². The number of hydrogen-bond donors (Lipinski definition) is 3. The number of nitrogens with one attached hydrogen (secondary N) is 3. The Hall–Kier alpha value is -2.18. The predicted octanol–water partition coefficient (Wildman–Crippen LogP) is 3.14. The van der Waals surface area contributed by atoms with Crippen molar-refractivity contribution in [2.75, 3.05) is 0 Å². The monoisotopic (exact) mass is 304 g/mol. The predicted molar refractivity (Wildman–Crippen MR) is 80.3 cm³/mol. The first-order valence-corrected chi connectivity index (χ1v) is 6.56. The van der Waals surface area contributed by atoms with E-state index < -0.39 is 0 Å². The molecule has 0 radical (unpaired) electrons. The number of halogens is 1. The number of aromatic amines is 3. The summed E-state index contributed by atoms with van der Waals surface area (Å²) in [6.45, 7) is 0. The molecule has 0 spiro atoms. The molecule has 7 heteroatoms. The SMILES string of the molecule is O=c1[nH]c(-c2ccc(Cl)cc2)ccc1-c1nc(=S)[nH][nH]1. The molecule has 0 aliphatic carbocycles. The van der Waals surface area contributed by atoms with Gasteiger partial charge < -0.3 is 4.98 Å². The summed E-state index contributed by atoms with van der Waals surface area (Å²) in [7, 11) is 0. The maximum atomic E-state index is 12.1. The molecule has 0 bridgehead atoms. The van der Waals surface area contributed by atoms with Crippen LogP contribution >= 0.6 is 23.8 Å². The van der Waals surface area contributed by atoms with Crippen LogP contribution in [-0.4, -0.2) is 20.2 Å². The molecule has 0 aliphatic heterocycles. The summed E-state index contributed by atoms with van der Waals surface area (Å²) >= 11 is 10.7. The molecule has 0 aliphatic rings. The van der Waals surface area contributed by atoms with Gasteiger partial charge in [0.05, 0.1) is 5.56 Å². The fourth-order valence-electron chi connectivity index (χ4n) is 1.86. The van der Waals surface area contributed by atoms with Gasteiger partial charge >= 0.3 is 0 Å². The number of aromatic nitrogens is 4. The van der Waals surface area contributed by atoms with Gasteiger partial charge in [0.2, 0.25) is 4.77 Å². The van der Waals surface area contributed by atoms with Crippen molar-refractivity contribution in [3.63, 3.8) is 0 Å². The highest BCUT2D eigenvalue weighted by atomic mass is 35.5. The van der Waals surface area contributed by atoms with Crippen molar-refractivity contribution in [1.29, 1.82) is 0 Å². The molecule has 3 rings (SSSR count). The average Bonchev–Trinajstić information content (AvgIpc) is 2.86. The average molecular weight is 305 g/mol. The third kappa shape index (κ3) is 2.43. The van der Waals surface area contributed by atoms with Crippen LogP contribution in [0.4, 0.5) is 0 Å². The molecule has 0 atom stereocenters. The third-order valence-electron chi connectivity index (χ3n) is 2.82. The minimum atomic E-state index is -0.241. The molecule has 2 aromatic heterocycles. The van der Waals surface area contributed by atoms with E-state index in [1.807, 2.05) is 18.2 Å². The van der Waals surface area contributed by atoms with Gasteiger partial charge in [-0.1, -0.05) is 23.7 Å². The van der Waals surface area contributed by atoms with E-state index in [1.54, 1.807) is 18.2 Å². The maximum Gasteiger partial charge on any atom is 0.259 e. The van der Waals surface area contributed by atoms with Gasteiger partial charge in [0.25, 0.3) is 5.56 Å². The second kappa shape index (κ2) is 5.07. The van der Waals surface area contributed by atoms with Gasteiger partial charge in [0.15, 0.2) is 5.82 Å². The highest BCUT2D eigenvalue weighted by Crippen LogP contribution is 2.19. The van der Waals surface area contributed by atoms with E-state index in [0.29, 0.717) is 26.9 Å². The zero-order valence-electron chi connectivity index (χ0n) is 10.1. The largest absolute Gasteiger partial charge is 0.321 e. The van der Waals surface area contributed by atoms with Gasteiger partial charge in [-0.3, -0.25) is 15.0 Å². The van der Waals surface area contributed by atoms with E-state index >= 15 is 0 Å². The zero-order chi connectivity index (χ0) is 14.1. The molecular weight excluding hydrogens is 296 g/mol. The lowest BCUT2D eigenvalue weighted by Gasteiger charge is -2.03. The third-order valence-corrected chi connectivity index (χ3v) is 3.27. The van der Waals surface area contributed by atoms with Gasteiger partial charge in [-0.2, -0.15) is 4.98 Å². The molecule has 0 amide bonds. The number of rotatable bonds is 2.